The summed E-state index contributed by atoms with van der Waals surface area (Å²) in [5, 5.41) is 4.24. The number of ether oxygens (including phenoxy) is 3. The van der Waals surface area contributed by atoms with Gasteiger partial charge in [-0.15, -0.1) is 0 Å². The molecule has 0 amide bonds. The minimum Gasteiger partial charge on any atom is -0.494 e. The number of hydrogen-bond acceptors (Lipinski definition) is 7. The van der Waals surface area contributed by atoms with E-state index in [-0.39, 0.29) is 10.6 Å². The van der Waals surface area contributed by atoms with Crippen LogP contribution in [0.4, 0.5) is 0 Å². The molecule has 0 aromatic heterocycles. The Kier molecular flexibility index (Phi) is 9.11. The molecule has 3 aromatic carbocycles. The molecule has 0 atom stereocenters. The van der Waals surface area contributed by atoms with Gasteiger partial charge in [-0.1, -0.05) is 18.5 Å². The topological polar surface area (TPSA) is 103 Å². The molecular formula is C25H25ClN2O6S. The van der Waals surface area contributed by atoms with Crippen molar-refractivity contribution in [3.63, 3.8) is 0 Å². The summed E-state index contributed by atoms with van der Waals surface area (Å²) in [5.74, 6) is 0.661. The summed E-state index contributed by atoms with van der Waals surface area (Å²) in [6.45, 7) is 4.73. The molecule has 0 aliphatic heterocycles. The van der Waals surface area contributed by atoms with Crippen LogP contribution < -0.4 is 19.0 Å². The van der Waals surface area contributed by atoms with Crippen molar-refractivity contribution in [2.45, 2.75) is 25.2 Å². The van der Waals surface area contributed by atoms with Gasteiger partial charge in [0.2, 0.25) is 0 Å². The maximum Gasteiger partial charge on any atom is 0.343 e. The summed E-state index contributed by atoms with van der Waals surface area (Å²) >= 11 is 5.80. The van der Waals surface area contributed by atoms with Crippen molar-refractivity contribution < 1.29 is 27.4 Å². The van der Waals surface area contributed by atoms with Crippen molar-refractivity contribution in [2.24, 2.45) is 5.10 Å². The predicted octanol–water partition coefficient (Wildman–Crippen LogP) is 5.06. The molecule has 10 heteroatoms. The molecule has 0 spiro atoms. The van der Waals surface area contributed by atoms with Crippen molar-refractivity contribution >= 4 is 33.8 Å². The highest BCUT2D eigenvalue weighted by Gasteiger charge is 2.14. The van der Waals surface area contributed by atoms with Crippen LogP contribution in [0.15, 0.2) is 76.7 Å². The van der Waals surface area contributed by atoms with E-state index in [1.807, 2.05) is 6.92 Å². The van der Waals surface area contributed by atoms with E-state index in [9.17, 15) is 13.2 Å². The summed E-state index contributed by atoms with van der Waals surface area (Å²) in [6, 6.07) is 17.1. The van der Waals surface area contributed by atoms with E-state index >= 15 is 0 Å². The number of nitrogens with zero attached hydrogens (tertiary/aromatic N) is 1. The van der Waals surface area contributed by atoms with Crippen LogP contribution in [0.2, 0.25) is 5.02 Å². The second-order valence-corrected chi connectivity index (χ2v) is 9.31. The summed E-state index contributed by atoms with van der Waals surface area (Å²) in [4.78, 5) is 14.8. The van der Waals surface area contributed by atoms with Gasteiger partial charge >= 0.3 is 5.97 Å². The summed E-state index contributed by atoms with van der Waals surface area (Å²) in [6.07, 6.45) is 2.20. The molecule has 8 nitrogen and oxygen atoms in total. The van der Waals surface area contributed by atoms with E-state index < -0.39 is 16.0 Å². The lowest BCUT2D eigenvalue weighted by atomic mass is 10.2. The molecule has 0 aliphatic carbocycles. The van der Waals surface area contributed by atoms with Crippen LogP contribution in [0, 0.1) is 0 Å². The molecule has 0 saturated heterocycles. The first kappa shape index (κ1) is 26.1. The fourth-order valence-corrected chi connectivity index (χ4v) is 3.78. The Morgan fingerprint density at radius 2 is 1.69 bits per heavy atom. The van der Waals surface area contributed by atoms with Crippen molar-refractivity contribution in [1.82, 2.24) is 4.83 Å². The van der Waals surface area contributed by atoms with Crippen molar-refractivity contribution in [1.29, 1.82) is 0 Å². The number of rotatable bonds is 11. The number of halogens is 1. The highest BCUT2D eigenvalue weighted by molar-refractivity contribution is 7.89. The van der Waals surface area contributed by atoms with Crippen LogP contribution in [-0.2, 0) is 10.0 Å². The average molecular weight is 517 g/mol. The van der Waals surface area contributed by atoms with E-state index in [0.717, 1.165) is 6.42 Å². The number of sulfonamides is 1. The Hall–Kier alpha value is -3.56. The number of carbonyl (C=O) groups excluding carboxylic acids is 1. The summed E-state index contributed by atoms with van der Waals surface area (Å²) < 4.78 is 41.3. The van der Waals surface area contributed by atoms with Gasteiger partial charge in [0, 0.05) is 5.02 Å². The monoisotopic (exact) mass is 516 g/mol. The molecule has 0 unspecified atom stereocenters. The van der Waals surface area contributed by atoms with Crippen LogP contribution >= 0.6 is 11.6 Å². The van der Waals surface area contributed by atoms with Gasteiger partial charge in [-0.3, -0.25) is 0 Å². The summed E-state index contributed by atoms with van der Waals surface area (Å²) in [5.41, 5.74) is 0.892. The van der Waals surface area contributed by atoms with Crippen LogP contribution in [0.5, 0.6) is 17.2 Å². The minimum absolute atomic E-state index is 0.0290. The SMILES string of the molecule is CCCOc1ccc(C(=O)Oc2ccc(C=NNS(=O)(=O)c3ccc(Cl)cc3)cc2OCC)cc1. The molecule has 0 saturated carbocycles. The first-order valence-corrected chi connectivity index (χ1v) is 12.7. The van der Waals surface area contributed by atoms with Crippen molar-refractivity contribution in [3.8, 4) is 17.2 Å². The lowest BCUT2D eigenvalue weighted by molar-refractivity contribution is 0.0728. The largest absolute Gasteiger partial charge is 0.494 e. The van der Waals surface area contributed by atoms with Crippen molar-refractivity contribution in [3.05, 3.63) is 82.9 Å². The number of hydrazone groups is 1. The predicted molar refractivity (Wildman–Crippen MR) is 134 cm³/mol. The van der Waals surface area contributed by atoms with Gasteiger partial charge in [-0.25, -0.2) is 9.63 Å². The first-order valence-electron chi connectivity index (χ1n) is 10.8. The lowest BCUT2D eigenvalue weighted by Crippen LogP contribution is -2.18. The zero-order valence-corrected chi connectivity index (χ0v) is 20.8. The molecule has 0 heterocycles. The van der Waals surface area contributed by atoms with Gasteiger partial charge in [0.05, 0.1) is 29.9 Å². The van der Waals surface area contributed by atoms with E-state index in [4.69, 9.17) is 25.8 Å². The van der Waals surface area contributed by atoms with Gasteiger partial charge in [0.1, 0.15) is 5.75 Å². The van der Waals surface area contributed by atoms with Crippen LogP contribution in [0.1, 0.15) is 36.2 Å². The molecule has 184 valence electrons. The lowest BCUT2D eigenvalue weighted by Gasteiger charge is -2.12. The van der Waals surface area contributed by atoms with E-state index in [0.29, 0.717) is 40.9 Å². The highest BCUT2D eigenvalue weighted by Crippen LogP contribution is 2.29. The molecule has 0 radical (unpaired) electrons. The quantitative estimate of drug-likeness (QED) is 0.165. The number of esters is 1. The molecule has 35 heavy (non-hydrogen) atoms. The molecule has 1 N–H and O–H groups in total. The Morgan fingerprint density at radius 1 is 0.971 bits per heavy atom. The van der Waals surface area contributed by atoms with E-state index in [1.165, 1.54) is 30.5 Å². The van der Waals surface area contributed by atoms with Crippen LogP contribution in [0.25, 0.3) is 0 Å². The van der Waals surface area contributed by atoms with Gasteiger partial charge in [0.15, 0.2) is 11.5 Å². The fraction of sp³-hybridized carbons (Fsp3) is 0.200. The number of carbonyl (C=O) groups is 1. The maximum atomic E-state index is 12.6. The molecule has 3 aromatic rings. The molecule has 0 aliphatic rings. The van der Waals surface area contributed by atoms with Gasteiger partial charge in [0.25, 0.3) is 10.0 Å². The normalized spacial score (nSPS) is 11.3. The highest BCUT2D eigenvalue weighted by atomic mass is 35.5. The minimum atomic E-state index is -3.85. The maximum absolute atomic E-state index is 12.6. The molecular weight excluding hydrogens is 492 g/mol. The fourth-order valence-electron chi connectivity index (χ4n) is 2.86. The Labute approximate surface area is 209 Å². The molecule has 0 bridgehead atoms. The smallest absolute Gasteiger partial charge is 0.343 e. The van der Waals surface area contributed by atoms with Gasteiger partial charge < -0.3 is 14.2 Å². The van der Waals surface area contributed by atoms with Crippen molar-refractivity contribution in [2.75, 3.05) is 13.2 Å². The Balaban J connectivity index is 1.70. The second-order valence-electron chi connectivity index (χ2n) is 7.21. The third-order valence-corrected chi connectivity index (χ3v) is 6.03. The first-order chi connectivity index (χ1) is 16.8. The second kappa shape index (κ2) is 12.2. The molecule has 3 rings (SSSR count). The number of nitrogens with one attached hydrogen (secondary N) is 1. The van der Waals surface area contributed by atoms with Crippen LogP contribution in [-0.4, -0.2) is 33.8 Å². The van der Waals surface area contributed by atoms with Gasteiger partial charge in [-0.05, 0) is 85.6 Å². The Bertz CT molecular complexity index is 1280. The number of benzene rings is 3. The van der Waals surface area contributed by atoms with E-state index in [1.54, 1.807) is 49.4 Å². The average Bonchev–Trinajstić information content (AvgIpc) is 2.85. The Morgan fingerprint density at radius 3 is 2.34 bits per heavy atom. The third-order valence-electron chi connectivity index (χ3n) is 4.54. The number of hydrogen-bond donors (Lipinski definition) is 1. The zero-order valence-electron chi connectivity index (χ0n) is 19.2. The zero-order chi connectivity index (χ0) is 25.3. The van der Waals surface area contributed by atoms with Crippen LogP contribution in [0.3, 0.4) is 0 Å². The standard InChI is InChI=1S/C25H25ClN2O6S/c1-3-15-33-21-10-6-19(7-11-21)25(29)34-23-14-5-18(16-24(23)32-4-2)17-27-28-35(30,31)22-12-8-20(26)9-13-22/h5-14,16-17,28H,3-4,15H2,1-2H3. The van der Waals surface area contributed by atoms with E-state index in [2.05, 4.69) is 9.93 Å². The third kappa shape index (κ3) is 7.46. The molecule has 0 fully saturated rings. The summed E-state index contributed by atoms with van der Waals surface area (Å²) in [7, 11) is -3.85. The van der Waals surface area contributed by atoms with Gasteiger partial charge in [-0.2, -0.15) is 13.5 Å².